The molecular formula is C14H28N2O2S. The predicted octanol–water partition coefficient (Wildman–Crippen LogP) is 2.37. The number of hydrogen-bond acceptors (Lipinski definition) is 3. The Hall–Kier alpha value is -0.420. The molecule has 4 unspecified atom stereocenters. The van der Waals surface area contributed by atoms with Crippen LogP contribution in [-0.2, 0) is 0 Å². The van der Waals surface area contributed by atoms with Gasteiger partial charge < -0.3 is 15.7 Å². The zero-order valence-electron chi connectivity index (χ0n) is 12.3. The summed E-state index contributed by atoms with van der Waals surface area (Å²) in [5.41, 5.74) is 0. The summed E-state index contributed by atoms with van der Waals surface area (Å²) in [5.74, 6) is 0.302. The van der Waals surface area contributed by atoms with Crippen molar-refractivity contribution in [3.8, 4) is 0 Å². The minimum absolute atomic E-state index is 0.0656. The molecule has 0 bridgehead atoms. The summed E-state index contributed by atoms with van der Waals surface area (Å²) in [6, 6.07) is 0.252. The first-order valence-electron chi connectivity index (χ1n) is 7.26. The summed E-state index contributed by atoms with van der Waals surface area (Å²) < 4.78 is 0. The van der Waals surface area contributed by atoms with E-state index in [0.29, 0.717) is 23.8 Å². The second-order valence-corrected chi connectivity index (χ2v) is 6.90. The number of amides is 2. The van der Waals surface area contributed by atoms with E-state index in [2.05, 4.69) is 16.9 Å². The molecule has 0 spiro atoms. The van der Waals surface area contributed by atoms with Gasteiger partial charge in [-0.1, -0.05) is 13.3 Å². The van der Waals surface area contributed by atoms with E-state index in [1.54, 1.807) is 6.92 Å². The van der Waals surface area contributed by atoms with E-state index < -0.39 is 0 Å². The molecule has 1 rings (SSSR count). The normalized spacial score (nSPS) is 26.5. The lowest BCUT2D eigenvalue weighted by Gasteiger charge is -2.28. The van der Waals surface area contributed by atoms with Gasteiger partial charge >= 0.3 is 6.03 Å². The molecular weight excluding hydrogens is 260 g/mol. The molecule has 4 atom stereocenters. The first-order chi connectivity index (χ1) is 9.01. The second-order valence-electron chi connectivity index (χ2n) is 5.77. The molecule has 5 heteroatoms. The van der Waals surface area contributed by atoms with Gasteiger partial charge in [-0.25, -0.2) is 4.79 Å². The number of carbonyl (C=O) groups is 1. The van der Waals surface area contributed by atoms with E-state index in [1.165, 1.54) is 12.8 Å². The molecule has 0 aliphatic heterocycles. The molecule has 0 heterocycles. The largest absolute Gasteiger partial charge is 0.393 e. The summed E-state index contributed by atoms with van der Waals surface area (Å²) in [6.07, 6.45) is 7.20. The van der Waals surface area contributed by atoms with Gasteiger partial charge in [0.25, 0.3) is 0 Å². The third kappa shape index (κ3) is 7.06. The van der Waals surface area contributed by atoms with E-state index in [1.807, 2.05) is 18.7 Å². The molecule has 0 aromatic heterocycles. The molecule has 0 aromatic rings. The van der Waals surface area contributed by atoms with Crippen LogP contribution in [0.3, 0.4) is 0 Å². The van der Waals surface area contributed by atoms with Crippen molar-refractivity contribution in [2.75, 3.05) is 12.8 Å². The van der Waals surface area contributed by atoms with Crippen LogP contribution in [0.2, 0.25) is 0 Å². The quantitative estimate of drug-likeness (QED) is 0.703. The molecule has 19 heavy (non-hydrogen) atoms. The van der Waals surface area contributed by atoms with E-state index in [0.717, 1.165) is 19.3 Å². The van der Waals surface area contributed by atoms with Crippen molar-refractivity contribution in [2.24, 2.45) is 5.92 Å². The average molecular weight is 288 g/mol. The van der Waals surface area contributed by atoms with Crippen LogP contribution in [0.4, 0.5) is 4.79 Å². The molecule has 0 radical (unpaired) electrons. The van der Waals surface area contributed by atoms with Crippen LogP contribution in [0.15, 0.2) is 0 Å². The van der Waals surface area contributed by atoms with Gasteiger partial charge in [-0.05, 0) is 44.8 Å². The molecule has 1 saturated carbocycles. The third-order valence-electron chi connectivity index (χ3n) is 3.65. The van der Waals surface area contributed by atoms with Crippen LogP contribution in [0.25, 0.3) is 0 Å². The summed E-state index contributed by atoms with van der Waals surface area (Å²) in [6.45, 7) is 4.44. The van der Waals surface area contributed by atoms with Crippen LogP contribution in [0.1, 0.15) is 46.0 Å². The lowest BCUT2D eigenvalue weighted by molar-refractivity contribution is 0.163. The highest BCUT2D eigenvalue weighted by molar-refractivity contribution is 7.99. The maximum absolute atomic E-state index is 11.8. The number of urea groups is 1. The smallest absolute Gasteiger partial charge is 0.315 e. The van der Waals surface area contributed by atoms with Crippen LogP contribution >= 0.6 is 11.8 Å². The zero-order valence-corrected chi connectivity index (χ0v) is 13.1. The van der Waals surface area contributed by atoms with Gasteiger partial charge in [0.15, 0.2) is 0 Å². The van der Waals surface area contributed by atoms with Crippen molar-refractivity contribution in [2.45, 2.75) is 63.3 Å². The topological polar surface area (TPSA) is 61.4 Å². The summed E-state index contributed by atoms with van der Waals surface area (Å²) in [4.78, 5) is 11.8. The monoisotopic (exact) mass is 288 g/mol. The van der Waals surface area contributed by atoms with Crippen molar-refractivity contribution in [3.05, 3.63) is 0 Å². The molecule has 1 fully saturated rings. The van der Waals surface area contributed by atoms with Crippen molar-refractivity contribution >= 4 is 17.8 Å². The standard InChI is InChI=1S/C14H28N2O2S/c1-10(7-11(2)17)9-15-14(18)16-12-5-4-6-13(8-12)19-3/h10-13,17H,4-9H2,1-3H3,(H2,15,16,18). The Kier molecular flexibility index (Phi) is 7.61. The van der Waals surface area contributed by atoms with Crippen LogP contribution < -0.4 is 10.6 Å². The fourth-order valence-corrected chi connectivity index (χ4v) is 3.49. The molecule has 1 aliphatic carbocycles. The number of aliphatic hydroxyl groups is 1. The molecule has 112 valence electrons. The first-order valence-corrected chi connectivity index (χ1v) is 8.55. The first kappa shape index (κ1) is 16.6. The van der Waals surface area contributed by atoms with Crippen molar-refractivity contribution in [3.63, 3.8) is 0 Å². The summed E-state index contributed by atoms with van der Waals surface area (Å²) in [7, 11) is 0. The van der Waals surface area contributed by atoms with E-state index in [4.69, 9.17) is 0 Å². The summed E-state index contributed by atoms with van der Waals surface area (Å²) in [5, 5.41) is 15.9. The Balaban J connectivity index is 2.19. The van der Waals surface area contributed by atoms with Crippen molar-refractivity contribution < 1.29 is 9.90 Å². The number of nitrogens with one attached hydrogen (secondary N) is 2. The maximum atomic E-state index is 11.8. The highest BCUT2D eigenvalue weighted by atomic mass is 32.2. The van der Waals surface area contributed by atoms with Gasteiger partial charge in [-0.3, -0.25) is 0 Å². The van der Waals surface area contributed by atoms with E-state index >= 15 is 0 Å². The molecule has 2 amide bonds. The lowest BCUT2D eigenvalue weighted by atomic mass is 9.95. The molecule has 0 aromatic carbocycles. The second kappa shape index (κ2) is 8.69. The SMILES string of the molecule is CSC1CCCC(NC(=O)NCC(C)CC(C)O)C1. The average Bonchev–Trinajstić information content (AvgIpc) is 2.36. The Bertz CT molecular complexity index is 274. The Morgan fingerprint density at radius 3 is 2.79 bits per heavy atom. The van der Waals surface area contributed by atoms with Crippen LogP contribution in [0, 0.1) is 5.92 Å². The van der Waals surface area contributed by atoms with Crippen LogP contribution in [0.5, 0.6) is 0 Å². The number of rotatable bonds is 6. The zero-order chi connectivity index (χ0) is 14.3. The van der Waals surface area contributed by atoms with Gasteiger partial charge in [-0.2, -0.15) is 11.8 Å². The third-order valence-corrected chi connectivity index (χ3v) is 4.74. The Labute approximate surface area is 121 Å². The summed E-state index contributed by atoms with van der Waals surface area (Å²) >= 11 is 1.90. The van der Waals surface area contributed by atoms with Crippen molar-refractivity contribution in [1.29, 1.82) is 0 Å². The Morgan fingerprint density at radius 1 is 1.42 bits per heavy atom. The Morgan fingerprint density at radius 2 is 2.16 bits per heavy atom. The van der Waals surface area contributed by atoms with Crippen molar-refractivity contribution in [1.82, 2.24) is 10.6 Å². The van der Waals surface area contributed by atoms with Gasteiger partial charge in [0.2, 0.25) is 0 Å². The lowest BCUT2D eigenvalue weighted by Crippen LogP contribution is -2.45. The van der Waals surface area contributed by atoms with Gasteiger partial charge in [0, 0.05) is 17.8 Å². The predicted molar refractivity (Wildman–Crippen MR) is 81.6 cm³/mol. The van der Waals surface area contributed by atoms with Gasteiger partial charge in [0.1, 0.15) is 0 Å². The van der Waals surface area contributed by atoms with E-state index in [-0.39, 0.29) is 12.1 Å². The number of thioether (sulfide) groups is 1. The maximum Gasteiger partial charge on any atom is 0.315 e. The number of hydrogen-bond donors (Lipinski definition) is 3. The number of aliphatic hydroxyl groups excluding tert-OH is 1. The molecule has 4 nitrogen and oxygen atoms in total. The van der Waals surface area contributed by atoms with Crippen LogP contribution in [-0.4, -0.2) is 41.3 Å². The molecule has 3 N–H and O–H groups in total. The minimum atomic E-state index is -0.305. The molecule has 1 aliphatic rings. The molecule has 0 saturated heterocycles. The van der Waals surface area contributed by atoms with Gasteiger partial charge in [-0.15, -0.1) is 0 Å². The highest BCUT2D eigenvalue weighted by Crippen LogP contribution is 2.26. The van der Waals surface area contributed by atoms with Gasteiger partial charge in [0.05, 0.1) is 6.10 Å². The fourth-order valence-electron chi connectivity index (χ4n) is 2.66. The van der Waals surface area contributed by atoms with E-state index in [9.17, 15) is 9.90 Å². The fraction of sp³-hybridized carbons (Fsp3) is 0.929. The highest BCUT2D eigenvalue weighted by Gasteiger charge is 2.22. The minimum Gasteiger partial charge on any atom is -0.393 e. The number of carbonyl (C=O) groups excluding carboxylic acids is 1.